The Balaban J connectivity index is 2.14. The van der Waals surface area contributed by atoms with E-state index >= 15 is 0 Å². The summed E-state index contributed by atoms with van der Waals surface area (Å²) in [4.78, 5) is 0. The van der Waals surface area contributed by atoms with E-state index in [0.29, 0.717) is 17.5 Å². The van der Waals surface area contributed by atoms with E-state index in [1.54, 1.807) is 0 Å². The van der Waals surface area contributed by atoms with Gasteiger partial charge in [-0.25, -0.2) is 0 Å². The Kier molecular flexibility index (Phi) is 5.83. The lowest BCUT2D eigenvalue weighted by Crippen LogP contribution is -2.11. The van der Waals surface area contributed by atoms with Gasteiger partial charge in [0.15, 0.2) is 0 Å². The second-order valence-corrected chi connectivity index (χ2v) is 5.77. The summed E-state index contributed by atoms with van der Waals surface area (Å²) in [5, 5.41) is 15.0. The lowest BCUT2D eigenvalue weighted by Gasteiger charge is -2.15. The standard InChI is InChI=1S/C17H23ClN2O/c1-3-15(4-2)20-10-9-14(19-20)11-13(12-21)16-7-5-6-8-17(16)18/h5-10,13,15,21H,3-4,11-12H2,1-2H3. The van der Waals surface area contributed by atoms with Gasteiger partial charge in [-0.05, 0) is 30.5 Å². The highest BCUT2D eigenvalue weighted by atomic mass is 35.5. The van der Waals surface area contributed by atoms with E-state index in [-0.39, 0.29) is 12.5 Å². The highest BCUT2D eigenvalue weighted by Gasteiger charge is 2.16. The van der Waals surface area contributed by atoms with Crippen molar-refractivity contribution in [1.82, 2.24) is 9.78 Å². The first-order chi connectivity index (χ1) is 10.2. The highest BCUT2D eigenvalue weighted by molar-refractivity contribution is 6.31. The smallest absolute Gasteiger partial charge is 0.0631 e. The Hall–Kier alpha value is -1.32. The fraction of sp³-hybridized carbons (Fsp3) is 0.471. The summed E-state index contributed by atoms with van der Waals surface area (Å²) in [6, 6.07) is 10.2. The first-order valence-electron chi connectivity index (χ1n) is 7.58. The van der Waals surface area contributed by atoms with Crippen LogP contribution < -0.4 is 0 Å². The van der Waals surface area contributed by atoms with Crippen molar-refractivity contribution in [3.8, 4) is 0 Å². The average Bonchev–Trinajstić information content (AvgIpc) is 2.95. The molecule has 1 aromatic carbocycles. The summed E-state index contributed by atoms with van der Waals surface area (Å²) in [5.74, 6) is -0.0104. The molecule has 2 aromatic rings. The van der Waals surface area contributed by atoms with Gasteiger partial charge in [0.05, 0.1) is 18.3 Å². The molecule has 0 fully saturated rings. The van der Waals surface area contributed by atoms with Crippen LogP contribution in [0.15, 0.2) is 36.5 Å². The highest BCUT2D eigenvalue weighted by Crippen LogP contribution is 2.27. The number of hydrogen-bond donors (Lipinski definition) is 1. The first-order valence-corrected chi connectivity index (χ1v) is 7.96. The molecule has 1 heterocycles. The molecule has 0 saturated heterocycles. The van der Waals surface area contributed by atoms with Gasteiger partial charge in [-0.1, -0.05) is 43.6 Å². The minimum atomic E-state index is -0.0104. The predicted octanol–water partition coefficient (Wildman–Crippen LogP) is 4.22. The topological polar surface area (TPSA) is 38.0 Å². The third-order valence-corrected chi connectivity index (χ3v) is 4.35. The van der Waals surface area contributed by atoms with Crippen molar-refractivity contribution >= 4 is 11.6 Å². The number of rotatable bonds is 7. The van der Waals surface area contributed by atoms with Crippen LogP contribution in [-0.4, -0.2) is 21.5 Å². The minimum Gasteiger partial charge on any atom is -0.396 e. The molecular formula is C17H23ClN2O. The number of hydrogen-bond acceptors (Lipinski definition) is 2. The van der Waals surface area contributed by atoms with Gasteiger partial charge in [0.2, 0.25) is 0 Å². The molecule has 114 valence electrons. The molecule has 1 unspecified atom stereocenters. The summed E-state index contributed by atoms with van der Waals surface area (Å²) >= 11 is 6.23. The zero-order valence-electron chi connectivity index (χ0n) is 12.7. The molecule has 2 rings (SSSR count). The Morgan fingerprint density at radius 3 is 2.52 bits per heavy atom. The van der Waals surface area contributed by atoms with Crippen LogP contribution in [0.3, 0.4) is 0 Å². The molecule has 0 amide bonds. The van der Waals surface area contributed by atoms with Gasteiger partial charge in [0, 0.05) is 23.6 Å². The maximum atomic E-state index is 9.68. The summed E-state index contributed by atoms with van der Waals surface area (Å²) in [7, 11) is 0. The Morgan fingerprint density at radius 1 is 1.19 bits per heavy atom. The van der Waals surface area contributed by atoms with Gasteiger partial charge in [0.25, 0.3) is 0 Å². The molecule has 3 nitrogen and oxygen atoms in total. The van der Waals surface area contributed by atoms with Crippen molar-refractivity contribution in [1.29, 1.82) is 0 Å². The fourth-order valence-electron chi connectivity index (χ4n) is 2.68. The Labute approximate surface area is 131 Å². The van der Waals surface area contributed by atoms with Crippen molar-refractivity contribution in [3.63, 3.8) is 0 Å². The van der Waals surface area contributed by atoms with Crippen LogP contribution in [-0.2, 0) is 6.42 Å². The summed E-state index contributed by atoms with van der Waals surface area (Å²) in [6.45, 7) is 4.42. The largest absolute Gasteiger partial charge is 0.396 e. The van der Waals surface area contributed by atoms with E-state index in [2.05, 4.69) is 18.9 Å². The SMILES string of the molecule is CCC(CC)n1ccc(CC(CO)c2ccccc2Cl)n1. The molecule has 1 N–H and O–H groups in total. The second-order valence-electron chi connectivity index (χ2n) is 5.36. The van der Waals surface area contributed by atoms with Crippen molar-refractivity contribution in [2.45, 2.75) is 45.1 Å². The molecule has 21 heavy (non-hydrogen) atoms. The summed E-state index contributed by atoms with van der Waals surface area (Å²) < 4.78 is 2.04. The lowest BCUT2D eigenvalue weighted by atomic mass is 9.95. The molecule has 0 aliphatic rings. The third-order valence-electron chi connectivity index (χ3n) is 4.00. The predicted molar refractivity (Wildman–Crippen MR) is 86.8 cm³/mol. The van der Waals surface area contributed by atoms with Gasteiger partial charge in [-0.15, -0.1) is 0 Å². The molecular weight excluding hydrogens is 284 g/mol. The molecule has 0 spiro atoms. The van der Waals surface area contributed by atoms with Crippen molar-refractivity contribution < 1.29 is 5.11 Å². The number of aliphatic hydroxyl groups is 1. The number of aromatic nitrogens is 2. The normalized spacial score (nSPS) is 12.8. The van der Waals surface area contributed by atoms with Crippen LogP contribution in [0.4, 0.5) is 0 Å². The quantitative estimate of drug-likeness (QED) is 0.832. The number of benzene rings is 1. The van der Waals surface area contributed by atoms with Crippen LogP contribution in [0.1, 0.15) is 49.9 Å². The molecule has 0 radical (unpaired) electrons. The minimum absolute atomic E-state index is 0.0104. The Morgan fingerprint density at radius 2 is 1.90 bits per heavy atom. The van der Waals surface area contributed by atoms with Crippen LogP contribution in [0, 0.1) is 0 Å². The monoisotopic (exact) mass is 306 g/mol. The van der Waals surface area contributed by atoms with Gasteiger partial charge in [-0.2, -0.15) is 5.10 Å². The molecule has 4 heteroatoms. The van der Waals surface area contributed by atoms with Crippen molar-refractivity contribution in [2.24, 2.45) is 0 Å². The van der Waals surface area contributed by atoms with Crippen LogP contribution >= 0.6 is 11.6 Å². The molecule has 0 bridgehead atoms. The zero-order valence-corrected chi connectivity index (χ0v) is 13.4. The van der Waals surface area contributed by atoms with E-state index in [1.165, 1.54) is 0 Å². The van der Waals surface area contributed by atoms with E-state index < -0.39 is 0 Å². The first kappa shape index (κ1) is 16.1. The van der Waals surface area contributed by atoms with Crippen LogP contribution in [0.5, 0.6) is 0 Å². The molecule has 0 aliphatic heterocycles. The zero-order chi connectivity index (χ0) is 15.2. The fourth-order valence-corrected chi connectivity index (χ4v) is 2.97. The van der Waals surface area contributed by atoms with E-state index in [0.717, 1.165) is 24.1 Å². The van der Waals surface area contributed by atoms with Gasteiger partial charge >= 0.3 is 0 Å². The average molecular weight is 307 g/mol. The van der Waals surface area contributed by atoms with Gasteiger partial charge in [0.1, 0.15) is 0 Å². The number of halogens is 1. The Bertz CT molecular complexity index is 563. The van der Waals surface area contributed by atoms with E-state index in [9.17, 15) is 5.11 Å². The maximum absolute atomic E-state index is 9.68. The molecule has 0 aliphatic carbocycles. The van der Waals surface area contributed by atoms with E-state index in [4.69, 9.17) is 11.6 Å². The lowest BCUT2D eigenvalue weighted by molar-refractivity contribution is 0.263. The van der Waals surface area contributed by atoms with E-state index in [1.807, 2.05) is 41.2 Å². The number of nitrogens with zero attached hydrogens (tertiary/aromatic N) is 2. The third kappa shape index (κ3) is 3.86. The molecule has 1 atom stereocenters. The number of aliphatic hydroxyl groups excluding tert-OH is 1. The van der Waals surface area contributed by atoms with Crippen molar-refractivity contribution in [2.75, 3.05) is 6.61 Å². The van der Waals surface area contributed by atoms with Crippen LogP contribution in [0.25, 0.3) is 0 Å². The van der Waals surface area contributed by atoms with Gasteiger partial charge < -0.3 is 5.11 Å². The molecule has 0 saturated carbocycles. The summed E-state index contributed by atoms with van der Waals surface area (Å²) in [5.41, 5.74) is 1.99. The molecule has 1 aromatic heterocycles. The summed E-state index contributed by atoms with van der Waals surface area (Å²) in [6.07, 6.45) is 4.89. The maximum Gasteiger partial charge on any atom is 0.0631 e. The van der Waals surface area contributed by atoms with Crippen molar-refractivity contribution in [3.05, 3.63) is 52.8 Å². The van der Waals surface area contributed by atoms with Crippen LogP contribution in [0.2, 0.25) is 5.02 Å². The second kappa shape index (κ2) is 7.62. The van der Waals surface area contributed by atoms with Gasteiger partial charge in [-0.3, -0.25) is 4.68 Å².